The minimum absolute atomic E-state index is 0.0416. The van der Waals surface area contributed by atoms with E-state index in [9.17, 15) is 4.79 Å². The van der Waals surface area contributed by atoms with Gasteiger partial charge in [0.15, 0.2) is 0 Å². The lowest BCUT2D eigenvalue weighted by Crippen LogP contribution is -2.38. The Balaban J connectivity index is 2.05. The van der Waals surface area contributed by atoms with Gasteiger partial charge in [-0.3, -0.25) is 10.1 Å². The van der Waals surface area contributed by atoms with E-state index in [1.807, 2.05) is 11.0 Å². The van der Waals surface area contributed by atoms with Gasteiger partial charge in [0.25, 0.3) is 0 Å². The van der Waals surface area contributed by atoms with Crippen LogP contribution in [0.4, 0.5) is 0 Å². The molecule has 1 aliphatic heterocycles. The number of rotatable bonds is 7. The number of amides is 1. The largest absolute Gasteiger partial charge is 0.319 e. The number of benzene rings is 1. The van der Waals surface area contributed by atoms with Crippen molar-refractivity contribution in [3.8, 4) is 0 Å². The monoisotopic (exact) mass is 288 g/mol. The van der Waals surface area contributed by atoms with E-state index in [-0.39, 0.29) is 12.1 Å². The summed E-state index contributed by atoms with van der Waals surface area (Å²) in [5, 5.41) is 3.37. The molecule has 2 unspecified atom stereocenters. The van der Waals surface area contributed by atoms with Crippen molar-refractivity contribution in [1.82, 2.24) is 10.2 Å². The van der Waals surface area contributed by atoms with Crippen molar-refractivity contribution < 1.29 is 4.79 Å². The van der Waals surface area contributed by atoms with Gasteiger partial charge in [-0.05, 0) is 31.4 Å². The molecule has 1 N–H and O–H groups in total. The van der Waals surface area contributed by atoms with Gasteiger partial charge < -0.3 is 4.90 Å². The third-order valence-corrected chi connectivity index (χ3v) is 4.45. The highest BCUT2D eigenvalue weighted by Gasteiger charge is 2.35. The molecule has 1 saturated heterocycles. The van der Waals surface area contributed by atoms with Crippen LogP contribution in [-0.4, -0.2) is 23.4 Å². The molecule has 1 amide bonds. The van der Waals surface area contributed by atoms with Gasteiger partial charge in [0.1, 0.15) is 6.17 Å². The molecular weight excluding hydrogens is 260 g/mol. The number of nitrogens with one attached hydrogen (secondary N) is 1. The fraction of sp³-hybridized carbons (Fsp3) is 0.611. The van der Waals surface area contributed by atoms with Crippen LogP contribution in [-0.2, 0) is 4.79 Å². The van der Waals surface area contributed by atoms with E-state index < -0.39 is 0 Å². The average molecular weight is 288 g/mol. The number of aryl methyl sites for hydroxylation is 1. The third-order valence-electron chi connectivity index (χ3n) is 4.45. The van der Waals surface area contributed by atoms with Crippen molar-refractivity contribution >= 4 is 5.91 Å². The Morgan fingerprint density at radius 1 is 1.29 bits per heavy atom. The zero-order valence-electron chi connectivity index (χ0n) is 13.6. The van der Waals surface area contributed by atoms with E-state index in [4.69, 9.17) is 0 Å². The van der Waals surface area contributed by atoms with Gasteiger partial charge in [0.05, 0.1) is 6.54 Å². The summed E-state index contributed by atoms with van der Waals surface area (Å²) in [5.41, 5.74) is 2.47. The molecule has 116 valence electrons. The Labute approximate surface area is 128 Å². The van der Waals surface area contributed by atoms with Crippen LogP contribution in [0, 0.1) is 6.92 Å². The Bertz CT molecular complexity index is 472. The molecule has 1 aromatic carbocycles. The first-order valence-corrected chi connectivity index (χ1v) is 8.25. The first-order chi connectivity index (χ1) is 10.1. The third kappa shape index (κ3) is 3.85. The Kier molecular flexibility index (Phi) is 5.80. The lowest BCUT2D eigenvalue weighted by molar-refractivity contribution is -0.130. The van der Waals surface area contributed by atoms with Crippen LogP contribution in [0.15, 0.2) is 24.3 Å². The van der Waals surface area contributed by atoms with Gasteiger partial charge in [0, 0.05) is 6.04 Å². The van der Waals surface area contributed by atoms with Crippen LogP contribution in [0.1, 0.15) is 63.2 Å². The first-order valence-electron chi connectivity index (χ1n) is 8.25. The number of hydrogen-bond acceptors (Lipinski definition) is 2. The van der Waals surface area contributed by atoms with E-state index in [0.29, 0.717) is 12.6 Å². The van der Waals surface area contributed by atoms with Crippen molar-refractivity contribution in [1.29, 1.82) is 0 Å². The fourth-order valence-corrected chi connectivity index (χ4v) is 3.18. The zero-order chi connectivity index (χ0) is 15.2. The highest BCUT2D eigenvalue weighted by atomic mass is 16.2. The second kappa shape index (κ2) is 7.60. The molecule has 1 aliphatic rings. The van der Waals surface area contributed by atoms with E-state index in [1.54, 1.807) is 0 Å². The predicted molar refractivity (Wildman–Crippen MR) is 87.0 cm³/mol. The average Bonchev–Trinajstić information content (AvgIpc) is 2.85. The summed E-state index contributed by atoms with van der Waals surface area (Å²) in [7, 11) is 0. The molecule has 0 spiro atoms. The number of unbranched alkanes of at least 4 members (excludes halogenated alkanes) is 3. The maximum atomic E-state index is 12.3. The summed E-state index contributed by atoms with van der Waals surface area (Å²) in [5.74, 6) is 0.228. The number of nitrogens with zero attached hydrogens (tertiary/aromatic N) is 1. The van der Waals surface area contributed by atoms with E-state index in [2.05, 4.69) is 44.3 Å². The summed E-state index contributed by atoms with van der Waals surface area (Å²) in [4.78, 5) is 14.3. The van der Waals surface area contributed by atoms with Crippen LogP contribution in [0.3, 0.4) is 0 Å². The van der Waals surface area contributed by atoms with E-state index in [1.165, 1.54) is 36.8 Å². The minimum atomic E-state index is 0.0416. The fourth-order valence-electron chi connectivity index (χ4n) is 3.18. The minimum Gasteiger partial charge on any atom is -0.319 e. The Morgan fingerprint density at radius 3 is 2.76 bits per heavy atom. The second-order valence-corrected chi connectivity index (χ2v) is 6.14. The highest BCUT2D eigenvalue weighted by Crippen LogP contribution is 2.28. The summed E-state index contributed by atoms with van der Waals surface area (Å²) >= 11 is 0. The normalized spacial score (nSPS) is 20.0. The van der Waals surface area contributed by atoms with Crippen LogP contribution in [0.25, 0.3) is 0 Å². The number of carbonyl (C=O) groups is 1. The molecule has 0 aliphatic carbocycles. The zero-order valence-corrected chi connectivity index (χ0v) is 13.6. The standard InChI is InChI=1S/C18H28N2O/c1-4-5-6-7-11-15(3)20-17(21)13-19-18(20)16-12-9-8-10-14(16)2/h8-10,12,15,18-19H,4-7,11,13H2,1-3H3. The molecule has 0 radical (unpaired) electrons. The van der Waals surface area contributed by atoms with Gasteiger partial charge in [-0.1, -0.05) is 56.9 Å². The molecule has 0 aromatic heterocycles. The number of carbonyl (C=O) groups excluding carboxylic acids is 1. The molecule has 1 fully saturated rings. The van der Waals surface area contributed by atoms with Crippen molar-refractivity contribution in [2.45, 2.75) is 65.1 Å². The van der Waals surface area contributed by atoms with E-state index in [0.717, 1.165) is 6.42 Å². The molecular formula is C18H28N2O. The lowest BCUT2D eigenvalue weighted by Gasteiger charge is -2.31. The maximum Gasteiger partial charge on any atom is 0.238 e. The molecule has 3 heteroatoms. The van der Waals surface area contributed by atoms with Gasteiger partial charge in [-0.2, -0.15) is 0 Å². The van der Waals surface area contributed by atoms with Gasteiger partial charge in [0.2, 0.25) is 5.91 Å². The molecule has 21 heavy (non-hydrogen) atoms. The molecule has 0 bridgehead atoms. The predicted octanol–water partition coefficient (Wildman–Crippen LogP) is 3.78. The number of hydrogen-bond donors (Lipinski definition) is 1. The second-order valence-electron chi connectivity index (χ2n) is 6.14. The SMILES string of the molecule is CCCCCCC(C)N1C(=O)CNC1c1ccccc1C. The molecule has 1 heterocycles. The Hall–Kier alpha value is -1.35. The van der Waals surface area contributed by atoms with Crippen molar-refractivity contribution in [2.24, 2.45) is 0 Å². The van der Waals surface area contributed by atoms with Crippen LogP contribution in [0.5, 0.6) is 0 Å². The van der Waals surface area contributed by atoms with Gasteiger partial charge >= 0.3 is 0 Å². The van der Waals surface area contributed by atoms with Crippen LogP contribution >= 0.6 is 0 Å². The molecule has 0 saturated carbocycles. The van der Waals surface area contributed by atoms with E-state index >= 15 is 0 Å². The highest BCUT2D eigenvalue weighted by molar-refractivity contribution is 5.81. The van der Waals surface area contributed by atoms with Gasteiger partial charge in [-0.15, -0.1) is 0 Å². The summed E-state index contributed by atoms with van der Waals surface area (Å²) < 4.78 is 0. The summed E-state index contributed by atoms with van der Waals surface area (Å²) in [6.45, 7) is 6.98. The molecule has 2 rings (SSSR count). The van der Waals surface area contributed by atoms with Crippen LogP contribution < -0.4 is 5.32 Å². The molecule has 3 nitrogen and oxygen atoms in total. The topological polar surface area (TPSA) is 32.3 Å². The van der Waals surface area contributed by atoms with Crippen molar-refractivity contribution in [3.05, 3.63) is 35.4 Å². The quantitative estimate of drug-likeness (QED) is 0.774. The Morgan fingerprint density at radius 2 is 2.05 bits per heavy atom. The molecule has 2 atom stereocenters. The lowest BCUT2D eigenvalue weighted by atomic mass is 10.0. The smallest absolute Gasteiger partial charge is 0.238 e. The summed E-state index contributed by atoms with van der Waals surface area (Å²) in [6, 6.07) is 8.64. The van der Waals surface area contributed by atoms with Gasteiger partial charge in [-0.25, -0.2) is 0 Å². The van der Waals surface area contributed by atoms with Crippen LogP contribution in [0.2, 0.25) is 0 Å². The maximum absolute atomic E-state index is 12.3. The first kappa shape index (κ1) is 16.0. The van der Waals surface area contributed by atoms with Crippen molar-refractivity contribution in [3.63, 3.8) is 0 Å². The summed E-state index contributed by atoms with van der Waals surface area (Å²) in [6.07, 6.45) is 6.16. The van der Waals surface area contributed by atoms with Crippen molar-refractivity contribution in [2.75, 3.05) is 6.54 Å². The molecule has 1 aromatic rings.